The Balaban J connectivity index is 1.83. The number of carbonyl (C=O) groups is 1. The highest BCUT2D eigenvalue weighted by molar-refractivity contribution is 9.10. The van der Waals surface area contributed by atoms with Crippen LogP contribution in [0.4, 0.5) is 0 Å². The Labute approximate surface area is 174 Å². The van der Waals surface area contributed by atoms with E-state index in [4.69, 9.17) is 4.98 Å². The van der Waals surface area contributed by atoms with Crippen molar-refractivity contribution in [3.8, 4) is 0 Å². The molecule has 0 aliphatic carbocycles. The summed E-state index contributed by atoms with van der Waals surface area (Å²) in [5.41, 5.74) is 5.44. The van der Waals surface area contributed by atoms with Crippen LogP contribution in [0.5, 0.6) is 0 Å². The SMILES string of the molecule is CCCCCCNC(=O)c1cnn2c(C)c(Cc3ccccc3Br)c(C)nc12. The summed E-state index contributed by atoms with van der Waals surface area (Å²) in [5.74, 6) is -0.101. The van der Waals surface area contributed by atoms with Gasteiger partial charge in [0.25, 0.3) is 5.91 Å². The molecule has 0 saturated carbocycles. The minimum atomic E-state index is -0.101. The number of aryl methyl sites for hydroxylation is 2. The number of nitrogens with zero attached hydrogens (tertiary/aromatic N) is 3. The van der Waals surface area contributed by atoms with Crippen LogP contribution in [0.2, 0.25) is 0 Å². The molecule has 0 fully saturated rings. The lowest BCUT2D eigenvalue weighted by Crippen LogP contribution is -2.24. The number of hydrogen-bond acceptors (Lipinski definition) is 3. The number of nitrogens with one attached hydrogen (secondary N) is 1. The van der Waals surface area contributed by atoms with E-state index in [2.05, 4.69) is 39.3 Å². The zero-order chi connectivity index (χ0) is 20.1. The van der Waals surface area contributed by atoms with Crippen molar-refractivity contribution in [1.29, 1.82) is 0 Å². The first-order chi connectivity index (χ1) is 13.5. The van der Waals surface area contributed by atoms with Crippen molar-refractivity contribution in [2.45, 2.75) is 52.9 Å². The van der Waals surface area contributed by atoms with Gasteiger partial charge in [0.1, 0.15) is 5.56 Å². The lowest BCUT2D eigenvalue weighted by molar-refractivity contribution is 0.0954. The molecule has 0 atom stereocenters. The van der Waals surface area contributed by atoms with E-state index >= 15 is 0 Å². The standard InChI is InChI=1S/C22H27BrN4O/c1-4-5-6-9-12-24-22(28)19-14-25-27-16(3)18(15(2)26-21(19)27)13-17-10-7-8-11-20(17)23/h7-8,10-11,14H,4-6,9,12-13H2,1-3H3,(H,24,28). The topological polar surface area (TPSA) is 59.3 Å². The molecular weight excluding hydrogens is 416 g/mol. The summed E-state index contributed by atoms with van der Waals surface area (Å²) in [5, 5.41) is 7.44. The van der Waals surface area contributed by atoms with Gasteiger partial charge in [0.15, 0.2) is 5.65 Å². The average molecular weight is 443 g/mol. The molecule has 148 valence electrons. The highest BCUT2D eigenvalue weighted by Gasteiger charge is 2.18. The second kappa shape index (κ2) is 9.32. The van der Waals surface area contributed by atoms with E-state index in [-0.39, 0.29) is 5.91 Å². The molecule has 0 unspecified atom stereocenters. The van der Waals surface area contributed by atoms with Gasteiger partial charge in [0.05, 0.1) is 6.20 Å². The average Bonchev–Trinajstić information content (AvgIpc) is 3.10. The predicted octanol–water partition coefficient (Wildman–Crippen LogP) is 5.01. The molecule has 6 heteroatoms. The van der Waals surface area contributed by atoms with Gasteiger partial charge in [0.2, 0.25) is 0 Å². The maximum absolute atomic E-state index is 12.6. The van der Waals surface area contributed by atoms with Crippen LogP contribution in [0.15, 0.2) is 34.9 Å². The Morgan fingerprint density at radius 1 is 1.18 bits per heavy atom. The Hall–Kier alpha value is -2.21. The van der Waals surface area contributed by atoms with Crippen molar-refractivity contribution in [3.05, 3.63) is 63.0 Å². The van der Waals surface area contributed by atoms with Crippen LogP contribution in [-0.4, -0.2) is 27.0 Å². The number of benzene rings is 1. The van der Waals surface area contributed by atoms with Gasteiger partial charge in [-0.1, -0.05) is 60.3 Å². The molecule has 1 aromatic carbocycles. The lowest BCUT2D eigenvalue weighted by atomic mass is 10.0. The van der Waals surface area contributed by atoms with Crippen LogP contribution in [0, 0.1) is 13.8 Å². The molecule has 0 aliphatic heterocycles. The van der Waals surface area contributed by atoms with Crippen molar-refractivity contribution in [3.63, 3.8) is 0 Å². The number of unbranched alkanes of at least 4 members (excludes halogenated alkanes) is 3. The Morgan fingerprint density at radius 2 is 1.96 bits per heavy atom. The Kier molecular flexibility index (Phi) is 6.83. The third-order valence-electron chi connectivity index (χ3n) is 5.09. The Bertz CT molecular complexity index is 980. The van der Waals surface area contributed by atoms with E-state index in [9.17, 15) is 4.79 Å². The lowest BCUT2D eigenvalue weighted by Gasteiger charge is -2.12. The van der Waals surface area contributed by atoms with Gasteiger partial charge in [0, 0.05) is 28.8 Å². The van der Waals surface area contributed by atoms with Crippen LogP contribution in [-0.2, 0) is 6.42 Å². The van der Waals surface area contributed by atoms with E-state index in [0.717, 1.165) is 40.7 Å². The maximum Gasteiger partial charge on any atom is 0.256 e. The minimum Gasteiger partial charge on any atom is -0.352 e. The van der Waals surface area contributed by atoms with Gasteiger partial charge < -0.3 is 5.32 Å². The predicted molar refractivity (Wildman–Crippen MR) is 116 cm³/mol. The monoisotopic (exact) mass is 442 g/mol. The first-order valence-electron chi connectivity index (χ1n) is 9.88. The number of aromatic nitrogens is 3. The normalized spacial score (nSPS) is 11.1. The van der Waals surface area contributed by atoms with Crippen LogP contribution in [0.25, 0.3) is 5.65 Å². The fraction of sp³-hybridized carbons (Fsp3) is 0.409. The molecule has 2 aromatic heterocycles. The van der Waals surface area contributed by atoms with Crippen molar-refractivity contribution in [2.75, 3.05) is 6.54 Å². The summed E-state index contributed by atoms with van der Waals surface area (Å²) in [6.45, 7) is 6.90. The molecule has 28 heavy (non-hydrogen) atoms. The van der Waals surface area contributed by atoms with Crippen molar-refractivity contribution >= 4 is 27.5 Å². The number of halogens is 1. The van der Waals surface area contributed by atoms with Crippen molar-refractivity contribution in [2.24, 2.45) is 0 Å². The molecule has 3 rings (SSSR count). The van der Waals surface area contributed by atoms with Gasteiger partial charge in [-0.2, -0.15) is 5.10 Å². The molecule has 0 aliphatic rings. The van der Waals surface area contributed by atoms with E-state index in [1.807, 2.05) is 32.0 Å². The molecule has 0 saturated heterocycles. The summed E-state index contributed by atoms with van der Waals surface area (Å²) < 4.78 is 2.86. The number of carbonyl (C=O) groups excluding carboxylic acids is 1. The summed E-state index contributed by atoms with van der Waals surface area (Å²) in [6.07, 6.45) is 6.92. The van der Waals surface area contributed by atoms with Gasteiger partial charge in [-0.25, -0.2) is 9.50 Å². The number of hydrogen-bond donors (Lipinski definition) is 1. The third kappa shape index (κ3) is 4.43. The van der Waals surface area contributed by atoms with Crippen LogP contribution in [0.1, 0.15) is 65.5 Å². The maximum atomic E-state index is 12.6. The molecule has 3 aromatic rings. The molecular formula is C22H27BrN4O. The molecule has 1 N–H and O–H groups in total. The van der Waals surface area contributed by atoms with E-state index < -0.39 is 0 Å². The first-order valence-corrected chi connectivity index (χ1v) is 10.7. The molecule has 0 bridgehead atoms. The number of fused-ring (bicyclic) bond motifs is 1. The summed E-state index contributed by atoms with van der Waals surface area (Å²) in [7, 11) is 0. The zero-order valence-electron chi connectivity index (χ0n) is 16.8. The zero-order valence-corrected chi connectivity index (χ0v) is 18.3. The highest BCUT2D eigenvalue weighted by Crippen LogP contribution is 2.24. The summed E-state index contributed by atoms with van der Waals surface area (Å²) >= 11 is 3.62. The smallest absolute Gasteiger partial charge is 0.256 e. The second-order valence-electron chi connectivity index (χ2n) is 7.14. The van der Waals surface area contributed by atoms with Gasteiger partial charge in [-0.15, -0.1) is 0 Å². The summed E-state index contributed by atoms with van der Waals surface area (Å²) in [4.78, 5) is 17.3. The number of amides is 1. The molecule has 0 spiro atoms. The second-order valence-corrected chi connectivity index (χ2v) is 7.99. The largest absolute Gasteiger partial charge is 0.352 e. The fourth-order valence-corrected chi connectivity index (χ4v) is 3.83. The molecule has 0 radical (unpaired) electrons. The van der Waals surface area contributed by atoms with E-state index in [1.54, 1.807) is 10.7 Å². The van der Waals surface area contributed by atoms with Gasteiger partial charge in [-0.3, -0.25) is 4.79 Å². The molecule has 1 amide bonds. The van der Waals surface area contributed by atoms with E-state index in [1.165, 1.54) is 18.4 Å². The van der Waals surface area contributed by atoms with Crippen molar-refractivity contribution in [1.82, 2.24) is 19.9 Å². The van der Waals surface area contributed by atoms with Gasteiger partial charge >= 0.3 is 0 Å². The molecule has 5 nitrogen and oxygen atoms in total. The summed E-state index contributed by atoms with van der Waals surface area (Å²) in [6, 6.07) is 8.19. The highest BCUT2D eigenvalue weighted by atomic mass is 79.9. The number of rotatable bonds is 8. The van der Waals surface area contributed by atoms with Crippen LogP contribution in [0.3, 0.4) is 0 Å². The third-order valence-corrected chi connectivity index (χ3v) is 5.87. The molecule has 2 heterocycles. The van der Waals surface area contributed by atoms with Gasteiger partial charge in [-0.05, 0) is 37.5 Å². The Morgan fingerprint density at radius 3 is 2.71 bits per heavy atom. The van der Waals surface area contributed by atoms with Crippen LogP contribution >= 0.6 is 15.9 Å². The quantitative estimate of drug-likeness (QED) is 0.498. The minimum absolute atomic E-state index is 0.101. The fourth-order valence-electron chi connectivity index (χ4n) is 3.41. The first kappa shape index (κ1) is 20.5. The van der Waals surface area contributed by atoms with E-state index in [0.29, 0.717) is 17.8 Å². The van der Waals surface area contributed by atoms with Crippen molar-refractivity contribution < 1.29 is 4.79 Å². The van der Waals surface area contributed by atoms with Crippen LogP contribution < -0.4 is 5.32 Å².